The Balaban J connectivity index is 1.79. The fraction of sp³-hybridized carbons (Fsp3) is 0.526. The molecule has 27 heavy (non-hydrogen) atoms. The second-order valence-corrected chi connectivity index (χ2v) is 7.72. The van der Waals surface area contributed by atoms with Crippen LogP contribution in [0.5, 0.6) is 0 Å². The Kier molecular flexibility index (Phi) is 6.51. The van der Waals surface area contributed by atoms with E-state index in [0.29, 0.717) is 25.3 Å². The lowest BCUT2D eigenvalue weighted by atomic mass is 9.78. The molecule has 1 amide bonds. The van der Waals surface area contributed by atoms with Crippen molar-refractivity contribution in [2.45, 2.75) is 38.1 Å². The number of hydrogen-bond donors (Lipinski definition) is 2. The van der Waals surface area contributed by atoms with E-state index in [0.717, 1.165) is 24.5 Å². The van der Waals surface area contributed by atoms with E-state index in [1.165, 1.54) is 11.8 Å². The number of benzene rings is 1. The van der Waals surface area contributed by atoms with Crippen molar-refractivity contribution in [3.05, 3.63) is 48.0 Å². The summed E-state index contributed by atoms with van der Waals surface area (Å²) < 4.78 is 2.01. The number of aliphatic hydroxyl groups excluding tert-OH is 1. The number of aliphatic hydroxyl groups is 1. The highest BCUT2D eigenvalue weighted by Gasteiger charge is 2.44. The largest absolute Gasteiger partial charge is 0.389 e. The van der Waals surface area contributed by atoms with Crippen molar-refractivity contribution >= 4 is 17.7 Å². The number of rotatable bonds is 7. The third-order valence-electron chi connectivity index (χ3n) is 5.15. The van der Waals surface area contributed by atoms with Crippen molar-refractivity contribution in [1.29, 1.82) is 0 Å². The number of thioether (sulfide) groups is 1. The molecule has 0 bridgehead atoms. The van der Waals surface area contributed by atoms with Gasteiger partial charge in [-0.15, -0.1) is 10.2 Å². The first-order chi connectivity index (χ1) is 13.1. The monoisotopic (exact) mass is 389 g/mol. The highest BCUT2D eigenvalue weighted by molar-refractivity contribution is 7.99. The summed E-state index contributed by atoms with van der Waals surface area (Å²) in [6.07, 6.45) is 3.56. The maximum Gasteiger partial charge on any atom is 0.230 e. The number of hydrogen-bond acceptors (Lipinski definition) is 6. The molecule has 1 fully saturated rings. The highest BCUT2D eigenvalue weighted by atomic mass is 32.2. The van der Waals surface area contributed by atoms with Crippen molar-refractivity contribution in [2.75, 3.05) is 25.1 Å². The summed E-state index contributed by atoms with van der Waals surface area (Å²) in [6, 6.07) is 9.79. The van der Waals surface area contributed by atoms with Gasteiger partial charge in [0.25, 0.3) is 0 Å². The minimum atomic E-state index is -0.761. The quantitative estimate of drug-likeness (QED) is 0.741. The third-order valence-corrected chi connectivity index (χ3v) is 5.70. The second kappa shape index (κ2) is 8.86. The normalized spacial score (nSPS) is 23.3. The molecule has 1 aromatic heterocycles. The number of nitrogens with one attached hydrogen (secondary N) is 1. The summed E-state index contributed by atoms with van der Waals surface area (Å²) in [5.74, 6) is 1.22. The number of carbonyl (C=O) groups is 1. The lowest BCUT2D eigenvalue weighted by molar-refractivity contribution is -0.124. The molecule has 2 atom stereocenters. The smallest absolute Gasteiger partial charge is 0.230 e. The van der Waals surface area contributed by atoms with Crippen LogP contribution in [0.15, 0.2) is 36.7 Å². The van der Waals surface area contributed by atoms with Crippen LogP contribution in [0, 0.1) is 0 Å². The van der Waals surface area contributed by atoms with Gasteiger partial charge in [0, 0.05) is 19.6 Å². The first-order valence-electron chi connectivity index (χ1n) is 9.21. The third kappa shape index (κ3) is 4.34. The van der Waals surface area contributed by atoms with Gasteiger partial charge in [-0.25, -0.2) is 0 Å². The van der Waals surface area contributed by atoms with E-state index in [1.54, 1.807) is 6.33 Å². The van der Waals surface area contributed by atoms with Crippen LogP contribution in [-0.4, -0.2) is 61.9 Å². The molecule has 1 aliphatic rings. The average Bonchev–Trinajstić information content (AvgIpc) is 3.12. The Morgan fingerprint density at radius 3 is 2.85 bits per heavy atom. The first-order valence-corrected chi connectivity index (χ1v) is 10.6. The second-order valence-electron chi connectivity index (χ2n) is 6.85. The van der Waals surface area contributed by atoms with Gasteiger partial charge in [-0.2, -0.15) is 11.8 Å². The van der Waals surface area contributed by atoms with E-state index in [-0.39, 0.29) is 5.91 Å². The van der Waals surface area contributed by atoms with Gasteiger partial charge in [-0.1, -0.05) is 30.3 Å². The Labute approximate surface area is 164 Å². The number of likely N-dealkylation sites (tertiary alicyclic amines) is 1. The molecular formula is C19H27N5O2S. The van der Waals surface area contributed by atoms with Crippen LogP contribution in [0.3, 0.4) is 0 Å². The van der Waals surface area contributed by atoms with Gasteiger partial charge in [-0.3, -0.25) is 9.69 Å². The Morgan fingerprint density at radius 2 is 2.19 bits per heavy atom. The van der Waals surface area contributed by atoms with E-state index >= 15 is 0 Å². The van der Waals surface area contributed by atoms with Gasteiger partial charge < -0.3 is 15.0 Å². The fourth-order valence-electron chi connectivity index (χ4n) is 3.71. The lowest BCUT2D eigenvalue weighted by Gasteiger charge is -2.46. The molecule has 0 aliphatic carbocycles. The highest BCUT2D eigenvalue weighted by Crippen LogP contribution is 2.34. The van der Waals surface area contributed by atoms with Gasteiger partial charge >= 0.3 is 0 Å². The molecule has 3 rings (SSSR count). The predicted octanol–water partition coefficient (Wildman–Crippen LogP) is 1.24. The number of aromatic nitrogens is 3. The molecule has 2 aromatic rings. The molecule has 1 aromatic carbocycles. The first kappa shape index (κ1) is 19.9. The number of piperidine rings is 1. The summed E-state index contributed by atoms with van der Waals surface area (Å²) in [6.45, 7) is 4.72. The van der Waals surface area contributed by atoms with Crippen molar-refractivity contribution in [2.24, 2.45) is 0 Å². The van der Waals surface area contributed by atoms with Crippen LogP contribution in [0.25, 0.3) is 0 Å². The van der Waals surface area contributed by atoms with Crippen LogP contribution in [-0.2, 0) is 23.4 Å². The maximum absolute atomic E-state index is 12.4. The summed E-state index contributed by atoms with van der Waals surface area (Å²) in [4.78, 5) is 14.5. The SMILES string of the molecule is CCn1cnnc1CN1CC[C@@](NC(=O)CSC)(c2ccccc2)[C@H](O)C1. The van der Waals surface area contributed by atoms with Crippen molar-refractivity contribution in [3.8, 4) is 0 Å². The molecule has 1 saturated heterocycles. The van der Waals surface area contributed by atoms with E-state index in [1.807, 2.05) is 41.2 Å². The average molecular weight is 390 g/mol. The molecule has 1 aliphatic heterocycles. The fourth-order valence-corrected chi connectivity index (χ4v) is 4.04. The molecule has 0 unspecified atom stereocenters. The van der Waals surface area contributed by atoms with Crippen molar-refractivity contribution in [1.82, 2.24) is 25.0 Å². The molecule has 0 radical (unpaired) electrons. The number of nitrogens with zero attached hydrogens (tertiary/aromatic N) is 4. The number of amides is 1. The molecule has 146 valence electrons. The predicted molar refractivity (Wildman–Crippen MR) is 106 cm³/mol. The van der Waals surface area contributed by atoms with Gasteiger partial charge in [0.05, 0.1) is 23.9 Å². The zero-order chi connectivity index (χ0) is 19.3. The zero-order valence-corrected chi connectivity index (χ0v) is 16.7. The molecule has 7 nitrogen and oxygen atoms in total. The maximum atomic E-state index is 12.4. The summed E-state index contributed by atoms with van der Waals surface area (Å²) in [7, 11) is 0. The van der Waals surface area contributed by atoms with Crippen molar-refractivity contribution in [3.63, 3.8) is 0 Å². The topological polar surface area (TPSA) is 83.3 Å². The minimum Gasteiger partial charge on any atom is -0.389 e. The van der Waals surface area contributed by atoms with Gasteiger partial charge in [-0.05, 0) is 25.2 Å². The van der Waals surface area contributed by atoms with Gasteiger partial charge in [0.15, 0.2) is 0 Å². The number of carbonyl (C=O) groups excluding carboxylic acids is 1. The van der Waals surface area contributed by atoms with Crippen LogP contribution in [0.2, 0.25) is 0 Å². The Morgan fingerprint density at radius 1 is 1.41 bits per heavy atom. The molecule has 8 heteroatoms. The van der Waals surface area contributed by atoms with Crippen molar-refractivity contribution < 1.29 is 9.90 Å². The molecule has 0 spiro atoms. The number of aryl methyl sites for hydroxylation is 1. The Bertz CT molecular complexity index is 754. The standard InChI is InChI=1S/C19H27N5O2S/c1-3-24-14-20-22-17(24)12-23-10-9-19(16(25)11-23,21-18(26)13-27-2)15-7-5-4-6-8-15/h4-8,14,16,25H,3,9-13H2,1-2H3,(H,21,26)/t16-,19-/m1/s1. The Hall–Kier alpha value is -1.90. The zero-order valence-electron chi connectivity index (χ0n) is 15.8. The van der Waals surface area contributed by atoms with Crippen LogP contribution in [0.1, 0.15) is 24.7 Å². The summed E-state index contributed by atoms with van der Waals surface area (Å²) >= 11 is 1.48. The molecular weight excluding hydrogens is 362 g/mol. The molecule has 0 saturated carbocycles. The molecule has 2 heterocycles. The van der Waals surface area contributed by atoms with E-state index < -0.39 is 11.6 Å². The van der Waals surface area contributed by atoms with Crippen LogP contribution < -0.4 is 5.32 Å². The van der Waals surface area contributed by atoms with Crippen LogP contribution in [0.4, 0.5) is 0 Å². The van der Waals surface area contributed by atoms with E-state index in [2.05, 4.69) is 27.3 Å². The lowest BCUT2D eigenvalue weighted by Crippen LogP contribution is -2.62. The van der Waals surface area contributed by atoms with Gasteiger partial charge in [0.1, 0.15) is 12.2 Å². The summed E-state index contributed by atoms with van der Waals surface area (Å²) in [5, 5.41) is 22.4. The molecule has 2 N–H and O–H groups in total. The van der Waals surface area contributed by atoms with Crippen LogP contribution >= 0.6 is 11.8 Å². The van der Waals surface area contributed by atoms with E-state index in [9.17, 15) is 9.90 Å². The summed E-state index contributed by atoms with van der Waals surface area (Å²) in [5.41, 5.74) is 0.187. The van der Waals surface area contributed by atoms with Gasteiger partial charge in [0.2, 0.25) is 5.91 Å². The number of β-amino-alcohol motifs (C(OH)–C–C–N with tert-alkyl or cyclic N) is 1. The van der Waals surface area contributed by atoms with E-state index in [4.69, 9.17) is 0 Å². The minimum absolute atomic E-state index is 0.0513.